The molecule has 0 aromatic heterocycles. The normalized spacial score (nSPS) is 11.3. The number of sulfonamides is 1. The van der Waals surface area contributed by atoms with E-state index in [9.17, 15) is 13.2 Å². The summed E-state index contributed by atoms with van der Waals surface area (Å²) in [6.07, 6.45) is 1.98. The van der Waals surface area contributed by atoms with Crippen LogP contribution in [-0.2, 0) is 27.8 Å². The van der Waals surface area contributed by atoms with Crippen LogP contribution in [0, 0.1) is 0 Å². The molecule has 0 atom stereocenters. The highest BCUT2D eigenvalue weighted by atomic mass is 32.2. The Morgan fingerprint density at radius 3 is 2.30 bits per heavy atom. The predicted molar refractivity (Wildman–Crippen MR) is 78.5 cm³/mol. The Morgan fingerprint density at radius 1 is 1.15 bits per heavy atom. The Balaban J connectivity index is 2.23. The topological polar surface area (TPSA) is 101 Å². The van der Waals surface area contributed by atoms with Gasteiger partial charge in [-0.3, -0.25) is 4.79 Å². The maximum atomic E-state index is 11.7. The molecule has 0 unspecified atom stereocenters. The van der Waals surface area contributed by atoms with Crippen molar-refractivity contribution in [2.75, 3.05) is 19.3 Å². The van der Waals surface area contributed by atoms with E-state index in [0.717, 1.165) is 17.4 Å². The second kappa shape index (κ2) is 7.98. The van der Waals surface area contributed by atoms with Gasteiger partial charge in [-0.2, -0.15) is 0 Å². The zero-order valence-electron chi connectivity index (χ0n) is 11.6. The first-order valence-electron chi connectivity index (χ1n) is 6.40. The number of carbonyl (C=O) groups excluding carboxylic acids is 1. The molecule has 1 rings (SSSR count). The Bertz CT molecular complexity index is 526. The number of hydrogen-bond donors (Lipinski definition) is 3. The number of carbonyl (C=O) groups is 1. The standard InChI is InChI=1S/C13H21N3O3S/c1-20(18,19)16-8-2-7-15-13(17)9-11-3-5-12(10-14)6-4-11/h3-6,16H,2,7-10,14H2,1H3,(H,15,17). The van der Waals surface area contributed by atoms with Crippen LogP contribution in [0.15, 0.2) is 24.3 Å². The van der Waals surface area contributed by atoms with Gasteiger partial charge >= 0.3 is 0 Å². The zero-order valence-corrected chi connectivity index (χ0v) is 12.4. The van der Waals surface area contributed by atoms with Gasteiger partial charge in [0.25, 0.3) is 0 Å². The average Bonchev–Trinajstić information content (AvgIpc) is 2.38. The molecule has 1 aromatic rings. The molecular weight excluding hydrogens is 278 g/mol. The largest absolute Gasteiger partial charge is 0.356 e. The Kier molecular flexibility index (Phi) is 6.63. The molecule has 1 amide bonds. The summed E-state index contributed by atoms with van der Waals surface area (Å²) in [7, 11) is -3.15. The minimum absolute atomic E-state index is 0.0788. The summed E-state index contributed by atoms with van der Waals surface area (Å²) in [6.45, 7) is 1.26. The van der Waals surface area contributed by atoms with Crippen LogP contribution in [0.25, 0.3) is 0 Å². The van der Waals surface area contributed by atoms with Crippen LogP contribution in [0.3, 0.4) is 0 Å². The van der Waals surface area contributed by atoms with Crippen molar-refractivity contribution in [3.05, 3.63) is 35.4 Å². The van der Waals surface area contributed by atoms with Gasteiger partial charge in [0.1, 0.15) is 0 Å². The van der Waals surface area contributed by atoms with E-state index in [1.54, 1.807) is 0 Å². The summed E-state index contributed by atoms with van der Waals surface area (Å²) >= 11 is 0. The summed E-state index contributed by atoms with van der Waals surface area (Å²) in [5.74, 6) is -0.0788. The van der Waals surface area contributed by atoms with Gasteiger partial charge in [0.05, 0.1) is 12.7 Å². The fraction of sp³-hybridized carbons (Fsp3) is 0.462. The van der Waals surface area contributed by atoms with E-state index in [1.807, 2.05) is 24.3 Å². The van der Waals surface area contributed by atoms with Crippen molar-refractivity contribution in [3.8, 4) is 0 Å². The van der Waals surface area contributed by atoms with E-state index in [4.69, 9.17) is 5.73 Å². The van der Waals surface area contributed by atoms with E-state index in [2.05, 4.69) is 10.0 Å². The monoisotopic (exact) mass is 299 g/mol. The van der Waals surface area contributed by atoms with Crippen LogP contribution in [0.4, 0.5) is 0 Å². The van der Waals surface area contributed by atoms with E-state index in [0.29, 0.717) is 32.5 Å². The molecule has 1 aromatic carbocycles. The molecule has 0 spiro atoms. The number of nitrogens with one attached hydrogen (secondary N) is 2. The SMILES string of the molecule is CS(=O)(=O)NCCCNC(=O)Cc1ccc(CN)cc1. The van der Waals surface area contributed by atoms with E-state index >= 15 is 0 Å². The third kappa shape index (κ3) is 7.22. The van der Waals surface area contributed by atoms with Crippen LogP contribution in [-0.4, -0.2) is 33.7 Å². The van der Waals surface area contributed by atoms with Crippen molar-refractivity contribution >= 4 is 15.9 Å². The maximum Gasteiger partial charge on any atom is 0.224 e. The van der Waals surface area contributed by atoms with Crippen LogP contribution < -0.4 is 15.8 Å². The molecule has 0 saturated heterocycles. The summed E-state index contributed by atoms with van der Waals surface area (Å²) in [5.41, 5.74) is 7.45. The highest BCUT2D eigenvalue weighted by Gasteiger charge is 2.03. The van der Waals surface area contributed by atoms with Crippen molar-refractivity contribution < 1.29 is 13.2 Å². The van der Waals surface area contributed by atoms with Gasteiger partial charge in [-0.25, -0.2) is 13.1 Å². The van der Waals surface area contributed by atoms with Gasteiger partial charge in [0.2, 0.25) is 15.9 Å². The molecule has 112 valence electrons. The summed E-state index contributed by atoms with van der Waals surface area (Å²) < 4.78 is 24.0. The Morgan fingerprint density at radius 2 is 1.75 bits per heavy atom. The number of hydrogen-bond acceptors (Lipinski definition) is 4. The molecule has 7 heteroatoms. The first kappa shape index (κ1) is 16.6. The molecule has 0 aliphatic heterocycles. The van der Waals surface area contributed by atoms with Crippen LogP contribution in [0.1, 0.15) is 17.5 Å². The fourth-order valence-corrected chi connectivity index (χ4v) is 2.13. The smallest absolute Gasteiger partial charge is 0.224 e. The minimum atomic E-state index is -3.15. The average molecular weight is 299 g/mol. The Labute approximate surface area is 119 Å². The fourth-order valence-electron chi connectivity index (χ4n) is 1.61. The quantitative estimate of drug-likeness (QED) is 0.576. The summed E-state index contributed by atoms with van der Waals surface area (Å²) in [4.78, 5) is 11.7. The van der Waals surface area contributed by atoms with Gasteiger partial charge < -0.3 is 11.1 Å². The maximum absolute atomic E-state index is 11.7. The molecule has 0 bridgehead atoms. The van der Waals surface area contributed by atoms with Gasteiger partial charge in [0, 0.05) is 19.6 Å². The molecule has 0 radical (unpaired) electrons. The van der Waals surface area contributed by atoms with E-state index < -0.39 is 10.0 Å². The highest BCUT2D eigenvalue weighted by molar-refractivity contribution is 7.88. The lowest BCUT2D eigenvalue weighted by atomic mass is 10.1. The number of nitrogens with two attached hydrogens (primary N) is 1. The highest BCUT2D eigenvalue weighted by Crippen LogP contribution is 2.04. The van der Waals surface area contributed by atoms with E-state index in [-0.39, 0.29) is 5.91 Å². The lowest BCUT2D eigenvalue weighted by Gasteiger charge is -2.06. The summed E-state index contributed by atoms with van der Waals surface area (Å²) in [5, 5.41) is 2.75. The molecule has 0 saturated carbocycles. The van der Waals surface area contributed by atoms with Gasteiger partial charge in [-0.1, -0.05) is 24.3 Å². The molecule has 20 heavy (non-hydrogen) atoms. The van der Waals surface area contributed by atoms with Crippen molar-refractivity contribution in [3.63, 3.8) is 0 Å². The molecule has 4 N–H and O–H groups in total. The lowest BCUT2D eigenvalue weighted by Crippen LogP contribution is -2.30. The molecular formula is C13H21N3O3S. The number of benzene rings is 1. The van der Waals surface area contributed by atoms with Crippen LogP contribution >= 0.6 is 0 Å². The van der Waals surface area contributed by atoms with E-state index in [1.165, 1.54) is 0 Å². The second-order valence-electron chi connectivity index (χ2n) is 4.57. The first-order valence-corrected chi connectivity index (χ1v) is 8.29. The van der Waals surface area contributed by atoms with Crippen molar-refractivity contribution in [2.24, 2.45) is 5.73 Å². The third-order valence-corrected chi connectivity index (χ3v) is 3.39. The molecule has 0 aliphatic carbocycles. The van der Waals surface area contributed by atoms with Gasteiger partial charge in [-0.15, -0.1) is 0 Å². The second-order valence-corrected chi connectivity index (χ2v) is 6.40. The van der Waals surface area contributed by atoms with Gasteiger partial charge in [-0.05, 0) is 17.5 Å². The third-order valence-electron chi connectivity index (χ3n) is 2.66. The molecule has 0 fully saturated rings. The Hall–Kier alpha value is -1.44. The minimum Gasteiger partial charge on any atom is -0.356 e. The van der Waals surface area contributed by atoms with Crippen molar-refractivity contribution in [1.82, 2.24) is 10.0 Å². The molecule has 6 nitrogen and oxygen atoms in total. The molecule has 0 aliphatic rings. The molecule has 0 heterocycles. The number of amides is 1. The number of rotatable bonds is 8. The summed E-state index contributed by atoms with van der Waals surface area (Å²) in [6, 6.07) is 7.57. The van der Waals surface area contributed by atoms with Gasteiger partial charge in [0.15, 0.2) is 0 Å². The zero-order chi connectivity index (χ0) is 15.0. The first-order chi connectivity index (χ1) is 9.40. The van der Waals surface area contributed by atoms with Crippen molar-refractivity contribution in [1.29, 1.82) is 0 Å². The lowest BCUT2D eigenvalue weighted by molar-refractivity contribution is -0.120. The van der Waals surface area contributed by atoms with Crippen molar-refractivity contribution in [2.45, 2.75) is 19.4 Å². The van der Waals surface area contributed by atoms with Crippen LogP contribution in [0.2, 0.25) is 0 Å². The predicted octanol–water partition coefficient (Wildman–Crippen LogP) is -0.257. The van der Waals surface area contributed by atoms with Crippen LogP contribution in [0.5, 0.6) is 0 Å².